The van der Waals surface area contributed by atoms with Crippen molar-refractivity contribution in [1.82, 2.24) is 4.98 Å². The van der Waals surface area contributed by atoms with Crippen molar-refractivity contribution in [3.05, 3.63) is 33.2 Å². The van der Waals surface area contributed by atoms with Gasteiger partial charge in [0.05, 0.1) is 0 Å². The van der Waals surface area contributed by atoms with Crippen LogP contribution in [-0.4, -0.2) is 4.98 Å². The van der Waals surface area contributed by atoms with Crippen molar-refractivity contribution in [2.45, 2.75) is 33.1 Å². The normalized spacial score (nSPS) is 9.79. The SMILES string of the molecule is CCCc1[nH]c(=O)c(C#N)cc1CC. The summed E-state index contributed by atoms with van der Waals surface area (Å²) in [6, 6.07) is 3.59. The predicted octanol–water partition coefficient (Wildman–Crippen LogP) is 1.76. The molecule has 74 valence electrons. The second kappa shape index (κ2) is 4.61. The second-order valence-electron chi connectivity index (χ2n) is 3.23. The number of H-pyrrole nitrogens is 1. The maximum atomic E-state index is 11.3. The summed E-state index contributed by atoms with van der Waals surface area (Å²) in [4.78, 5) is 14.1. The van der Waals surface area contributed by atoms with E-state index in [0.717, 1.165) is 30.5 Å². The number of aromatic nitrogens is 1. The molecule has 0 aliphatic heterocycles. The fraction of sp³-hybridized carbons (Fsp3) is 0.455. The van der Waals surface area contributed by atoms with Crippen LogP contribution in [0.15, 0.2) is 10.9 Å². The van der Waals surface area contributed by atoms with Gasteiger partial charge in [0.1, 0.15) is 11.6 Å². The molecule has 0 aromatic carbocycles. The van der Waals surface area contributed by atoms with Crippen molar-refractivity contribution in [2.75, 3.05) is 0 Å². The third kappa shape index (κ3) is 2.02. The number of pyridine rings is 1. The molecule has 0 saturated heterocycles. The summed E-state index contributed by atoms with van der Waals surface area (Å²) in [6.07, 6.45) is 2.71. The van der Waals surface area contributed by atoms with Gasteiger partial charge in [-0.3, -0.25) is 4.79 Å². The molecular formula is C11H14N2O. The van der Waals surface area contributed by atoms with Crippen molar-refractivity contribution in [2.24, 2.45) is 0 Å². The zero-order chi connectivity index (χ0) is 10.6. The van der Waals surface area contributed by atoms with E-state index in [4.69, 9.17) is 5.26 Å². The fourth-order valence-electron chi connectivity index (χ4n) is 1.48. The van der Waals surface area contributed by atoms with E-state index in [0.29, 0.717) is 0 Å². The molecule has 0 atom stereocenters. The standard InChI is InChI=1S/C11H14N2O/c1-3-5-10-8(4-2)6-9(7-12)11(14)13-10/h6H,3-5H2,1-2H3,(H,13,14). The predicted molar refractivity (Wildman–Crippen MR) is 55.2 cm³/mol. The molecule has 1 heterocycles. The molecule has 0 spiro atoms. The number of hydrogen-bond donors (Lipinski definition) is 1. The van der Waals surface area contributed by atoms with E-state index in [9.17, 15) is 4.79 Å². The van der Waals surface area contributed by atoms with E-state index in [1.807, 2.05) is 13.0 Å². The van der Waals surface area contributed by atoms with Crippen molar-refractivity contribution < 1.29 is 0 Å². The van der Waals surface area contributed by atoms with Crippen molar-refractivity contribution >= 4 is 0 Å². The van der Waals surface area contributed by atoms with E-state index in [2.05, 4.69) is 11.9 Å². The summed E-state index contributed by atoms with van der Waals surface area (Å²) in [5.41, 5.74) is 1.98. The largest absolute Gasteiger partial charge is 0.325 e. The van der Waals surface area contributed by atoms with Gasteiger partial charge < -0.3 is 4.98 Å². The van der Waals surface area contributed by atoms with Crippen LogP contribution in [0.1, 0.15) is 37.1 Å². The lowest BCUT2D eigenvalue weighted by molar-refractivity contribution is 0.847. The number of nitrogens with one attached hydrogen (secondary N) is 1. The molecule has 3 nitrogen and oxygen atoms in total. The monoisotopic (exact) mass is 190 g/mol. The van der Waals surface area contributed by atoms with Gasteiger partial charge >= 0.3 is 0 Å². The summed E-state index contributed by atoms with van der Waals surface area (Å²) < 4.78 is 0. The maximum absolute atomic E-state index is 11.3. The number of aromatic amines is 1. The third-order valence-electron chi connectivity index (χ3n) is 2.22. The number of aryl methyl sites for hydroxylation is 2. The van der Waals surface area contributed by atoms with Crippen molar-refractivity contribution in [3.8, 4) is 6.07 Å². The van der Waals surface area contributed by atoms with Gasteiger partial charge in [0.15, 0.2) is 0 Å². The van der Waals surface area contributed by atoms with Gasteiger partial charge in [0.2, 0.25) is 0 Å². The van der Waals surface area contributed by atoms with Crippen LogP contribution in [0.2, 0.25) is 0 Å². The number of nitriles is 1. The minimum Gasteiger partial charge on any atom is -0.325 e. The Hall–Kier alpha value is -1.56. The topological polar surface area (TPSA) is 56.6 Å². The summed E-state index contributed by atoms with van der Waals surface area (Å²) in [5.74, 6) is 0. The van der Waals surface area contributed by atoms with Gasteiger partial charge in [-0.15, -0.1) is 0 Å². The first-order valence-electron chi connectivity index (χ1n) is 4.88. The van der Waals surface area contributed by atoms with Gasteiger partial charge in [-0.05, 0) is 24.5 Å². The second-order valence-corrected chi connectivity index (χ2v) is 3.23. The Morgan fingerprint density at radius 1 is 1.50 bits per heavy atom. The molecular weight excluding hydrogens is 176 g/mol. The molecule has 3 heteroatoms. The number of rotatable bonds is 3. The van der Waals surface area contributed by atoms with Crippen molar-refractivity contribution in [1.29, 1.82) is 5.26 Å². The molecule has 0 fully saturated rings. The third-order valence-corrected chi connectivity index (χ3v) is 2.22. The summed E-state index contributed by atoms with van der Waals surface area (Å²) in [7, 11) is 0. The molecule has 1 N–H and O–H groups in total. The lowest BCUT2D eigenvalue weighted by Gasteiger charge is -2.06. The van der Waals surface area contributed by atoms with E-state index in [1.165, 1.54) is 0 Å². The molecule has 0 radical (unpaired) electrons. The first-order chi connectivity index (χ1) is 6.72. The van der Waals surface area contributed by atoms with Crippen LogP contribution in [0.3, 0.4) is 0 Å². The minimum absolute atomic E-state index is 0.210. The first kappa shape index (κ1) is 10.5. The highest BCUT2D eigenvalue weighted by molar-refractivity contribution is 5.33. The zero-order valence-electron chi connectivity index (χ0n) is 8.55. The van der Waals surface area contributed by atoms with Gasteiger partial charge in [0, 0.05) is 5.69 Å². The molecule has 0 saturated carbocycles. The van der Waals surface area contributed by atoms with E-state index in [1.54, 1.807) is 6.07 Å². The molecule has 0 amide bonds. The van der Waals surface area contributed by atoms with E-state index < -0.39 is 0 Å². The Balaban J connectivity index is 3.26. The van der Waals surface area contributed by atoms with E-state index >= 15 is 0 Å². The highest BCUT2D eigenvalue weighted by Crippen LogP contribution is 2.08. The van der Waals surface area contributed by atoms with Gasteiger partial charge in [-0.25, -0.2) is 0 Å². The van der Waals surface area contributed by atoms with E-state index in [-0.39, 0.29) is 11.1 Å². The van der Waals surface area contributed by atoms with Crippen LogP contribution in [0.25, 0.3) is 0 Å². The summed E-state index contributed by atoms with van der Waals surface area (Å²) >= 11 is 0. The van der Waals surface area contributed by atoms with Crippen LogP contribution in [-0.2, 0) is 12.8 Å². The summed E-state index contributed by atoms with van der Waals surface area (Å²) in [5, 5.41) is 8.69. The smallest absolute Gasteiger partial charge is 0.266 e. The van der Waals surface area contributed by atoms with Gasteiger partial charge in [-0.2, -0.15) is 5.26 Å². The lowest BCUT2D eigenvalue weighted by Crippen LogP contribution is -2.14. The minimum atomic E-state index is -0.270. The maximum Gasteiger partial charge on any atom is 0.266 e. The molecule has 0 unspecified atom stereocenters. The van der Waals surface area contributed by atoms with Crippen LogP contribution in [0, 0.1) is 11.3 Å². The van der Waals surface area contributed by atoms with Crippen LogP contribution in [0.4, 0.5) is 0 Å². The zero-order valence-corrected chi connectivity index (χ0v) is 8.55. The van der Waals surface area contributed by atoms with Crippen LogP contribution >= 0.6 is 0 Å². The molecule has 1 aromatic rings. The Kier molecular flexibility index (Phi) is 3.47. The highest BCUT2D eigenvalue weighted by atomic mass is 16.1. The average molecular weight is 190 g/mol. The fourth-order valence-corrected chi connectivity index (χ4v) is 1.48. The lowest BCUT2D eigenvalue weighted by atomic mass is 10.1. The van der Waals surface area contributed by atoms with Crippen LogP contribution < -0.4 is 5.56 Å². The molecule has 0 bridgehead atoms. The van der Waals surface area contributed by atoms with Crippen molar-refractivity contribution in [3.63, 3.8) is 0 Å². The van der Waals surface area contributed by atoms with Crippen LogP contribution in [0.5, 0.6) is 0 Å². The summed E-state index contributed by atoms with van der Waals surface area (Å²) in [6.45, 7) is 4.09. The Morgan fingerprint density at radius 3 is 2.71 bits per heavy atom. The Morgan fingerprint density at radius 2 is 2.21 bits per heavy atom. The molecule has 1 rings (SSSR count). The first-order valence-corrected chi connectivity index (χ1v) is 4.88. The molecule has 0 aliphatic rings. The highest BCUT2D eigenvalue weighted by Gasteiger charge is 2.05. The quantitative estimate of drug-likeness (QED) is 0.789. The molecule has 14 heavy (non-hydrogen) atoms. The molecule has 1 aromatic heterocycles. The number of hydrogen-bond acceptors (Lipinski definition) is 2. The van der Waals surface area contributed by atoms with Gasteiger partial charge in [0.25, 0.3) is 5.56 Å². The molecule has 0 aliphatic carbocycles. The average Bonchev–Trinajstić information content (AvgIpc) is 2.19. The Labute approximate surface area is 83.4 Å². The van der Waals surface area contributed by atoms with Gasteiger partial charge in [-0.1, -0.05) is 20.3 Å². The number of nitrogens with zero attached hydrogens (tertiary/aromatic N) is 1. The Bertz CT molecular complexity index is 412.